The van der Waals surface area contributed by atoms with Crippen LogP contribution in [0.5, 0.6) is 0 Å². The molecule has 13 heteroatoms. The summed E-state index contributed by atoms with van der Waals surface area (Å²) in [6.45, 7) is 0.00760. The van der Waals surface area contributed by atoms with Gasteiger partial charge in [-0.1, -0.05) is 11.8 Å². The number of amides is 1. The molecule has 1 N–H and O–H groups in total. The first-order valence-electron chi connectivity index (χ1n) is 9.15. The summed E-state index contributed by atoms with van der Waals surface area (Å²) < 4.78 is 65.1. The molecule has 0 spiro atoms. The molecule has 1 amide bonds. The van der Waals surface area contributed by atoms with Crippen molar-refractivity contribution in [3.63, 3.8) is 0 Å². The number of thiophene rings is 1. The summed E-state index contributed by atoms with van der Waals surface area (Å²) in [7, 11) is 0. The molecular weight excluding hydrogens is 475 g/mol. The summed E-state index contributed by atoms with van der Waals surface area (Å²) in [4.78, 5) is 35.9. The lowest BCUT2D eigenvalue weighted by molar-refractivity contribution is -0.145. The first-order chi connectivity index (χ1) is 15.0. The van der Waals surface area contributed by atoms with Gasteiger partial charge in [0.2, 0.25) is 11.7 Å². The highest BCUT2D eigenvalue weighted by molar-refractivity contribution is 8.00. The zero-order chi connectivity index (χ0) is 23.1. The Morgan fingerprint density at radius 1 is 1.22 bits per heavy atom. The lowest BCUT2D eigenvalue weighted by Crippen LogP contribution is -2.26. The van der Waals surface area contributed by atoms with Gasteiger partial charge in [-0.15, -0.1) is 11.3 Å². The average molecular weight is 488 g/mol. The summed E-state index contributed by atoms with van der Waals surface area (Å²) in [6.07, 6.45) is -3.92. The second-order valence-corrected chi connectivity index (χ2v) is 9.07. The number of halogens is 5. The summed E-state index contributed by atoms with van der Waals surface area (Å²) in [6, 6.07) is 6.15. The zero-order valence-electron chi connectivity index (χ0n) is 15.9. The molecule has 1 atom stereocenters. The average Bonchev–Trinajstić information content (AvgIpc) is 3.15. The molecule has 3 aromatic heterocycles. The summed E-state index contributed by atoms with van der Waals surface area (Å²) >= 11 is 1.91. The van der Waals surface area contributed by atoms with Crippen LogP contribution in [0.2, 0.25) is 0 Å². The predicted molar refractivity (Wildman–Crippen MR) is 107 cm³/mol. The molecule has 1 aliphatic rings. The van der Waals surface area contributed by atoms with Crippen LogP contribution in [0.1, 0.15) is 26.8 Å². The molecule has 6 nitrogen and oxygen atoms in total. The van der Waals surface area contributed by atoms with Gasteiger partial charge in [-0.05, 0) is 24.3 Å². The third kappa shape index (κ3) is 4.88. The van der Waals surface area contributed by atoms with Crippen LogP contribution in [0.4, 0.5) is 22.0 Å². The van der Waals surface area contributed by atoms with Crippen molar-refractivity contribution in [2.75, 3.05) is 5.75 Å². The Hall–Kier alpha value is -2.67. The predicted octanol–water partition coefficient (Wildman–Crippen LogP) is 4.35. The van der Waals surface area contributed by atoms with E-state index in [1.807, 2.05) is 0 Å². The number of Topliss-reactive ketones (excluding diaryl/α,β-unsaturated/α-hetero) is 1. The third-order valence-corrected chi connectivity index (χ3v) is 6.66. The first-order valence-corrected chi connectivity index (χ1v) is 10.9. The van der Waals surface area contributed by atoms with Gasteiger partial charge < -0.3 is 5.32 Å². The molecule has 0 aliphatic heterocycles. The summed E-state index contributed by atoms with van der Waals surface area (Å²) in [5, 5.41) is 2.69. The van der Waals surface area contributed by atoms with Crippen LogP contribution in [0.25, 0.3) is 11.0 Å². The van der Waals surface area contributed by atoms with Crippen molar-refractivity contribution in [1.82, 2.24) is 20.3 Å². The molecule has 0 bridgehead atoms. The number of fused-ring (bicyclic) bond motifs is 1. The molecule has 1 fully saturated rings. The number of aromatic nitrogens is 3. The number of thioether (sulfide) groups is 1. The van der Waals surface area contributed by atoms with Gasteiger partial charge in [-0.2, -0.15) is 13.2 Å². The minimum Gasteiger partial charge on any atom is -0.351 e. The molecular formula is C19H13F5N4O2S2. The van der Waals surface area contributed by atoms with Crippen molar-refractivity contribution in [3.8, 4) is 0 Å². The molecule has 0 radical (unpaired) electrons. The maximum Gasteiger partial charge on any atom is 0.451 e. The molecule has 168 valence electrons. The fourth-order valence-corrected chi connectivity index (χ4v) is 4.66. The number of nitrogens with one attached hydrogen (secondary N) is 1. The summed E-state index contributed by atoms with van der Waals surface area (Å²) in [5.41, 5.74) is -0.125. The highest BCUT2D eigenvalue weighted by Gasteiger charge is 2.61. The quantitative estimate of drug-likeness (QED) is 0.230. The molecule has 4 rings (SSSR count). The van der Waals surface area contributed by atoms with Crippen LogP contribution < -0.4 is 5.32 Å². The minimum absolute atomic E-state index is 0.00760. The third-order valence-electron chi connectivity index (χ3n) is 4.55. The van der Waals surface area contributed by atoms with Gasteiger partial charge >= 0.3 is 6.18 Å². The number of carbonyl (C=O) groups excluding carboxylic acids is 2. The molecule has 1 unspecified atom stereocenters. The van der Waals surface area contributed by atoms with Gasteiger partial charge in [0.25, 0.3) is 5.92 Å². The van der Waals surface area contributed by atoms with E-state index in [9.17, 15) is 31.5 Å². The van der Waals surface area contributed by atoms with Crippen molar-refractivity contribution in [2.24, 2.45) is 5.92 Å². The largest absolute Gasteiger partial charge is 0.451 e. The normalized spacial score (nSPS) is 17.3. The SMILES string of the molecule is O=C(CSc1nc(C(F)(F)F)nc2ncccc12)c1ccc(CNC(=O)C2CC2(F)F)s1. The topological polar surface area (TPSA) is 84.8 Å². The number of carbonyl (C=O) groups is 2. The number of rotatable bonds is 7. The number of hydrogen-bond acceptors (Lipinski definition) is 7. The van der Waals surface area contributed by atoms with Crippen molar-refractivity contribution in [2.45, 2.75) is 30.1 Å². The Balaban J connectivity index is 1.41. The van der Waals surface area contributed by atoms with E-state index in [0.29, 0.717) is 15.1 Å². The van der Waals surface area contributed by atoms with Crippen molar-refractivity contribution >= 4 is 45.8 Å². The number of ketones is 1. The molecule has 0 aromatic carbocycles. The number of pyridine rings is 1. The Bertz CT molecular complexity index is 1200. The van der Waals surface area contributed by atoms with E-state index < -0.39 is 36.2 Å². The van der Waals surface area contributed by atoms with Crippen LogP contribution in [0.3, 0.4) is 0 Å². The molecule has 1 saturated carbocycles. The summed E-state index contributed by atoms with van der Waals surface area (Å²) in [5.74, 6) is -6.87. The first kappa shape index (κ1) is 22.5. The molecule has 32 heavy (non-hydrogen) atoms. The molecule has 0 saturated heterocycles. The number of hydrogen-bond donors (Lipinski definition) is 1. The Morgan fingerprint density at radius 3 is 2.66 bits per heavy atom. The van der Waals surface area contributed by atoms with Crippen LogP contribution in [0, 0.1) is 5.92 Å². The molecule has 3 aromatic rings. The maximum atomic E-state index is 13.1. The van der Waals surface area contributed by atoms with Crippen LogP contribution in [-0.4, -0.2) is 38.3 Å². The second-order valence-electron chi connectivity index (χ2n) is 6.94. The highest BCUT2D eigenvalue weighted by atomic mass is 32.2. The van der Waals surface area contributed by atoms with Gasteiger partial charge in [0.1, 0.15) is 10.9 Å². The number of nitrogens with zero attached hydrogens (tertiary/aromatic N) is 3. The van der Waals surface area contributed by atoms with Gasteiger partial charge in [0, 0.05) is 17.5 Å². The fraction of sp³-hybridized carbons (Fsp3) is 0.316. The Kier molecular flexibility index (Phi) is 5.88. The van der Waals surface area contributed by atoms with Crippen LogP contribution in [0.15, 0.2) is 35.5 Å². The van der Waals surface area contributed by atoms with E-state index in [2.05, 4.69) is 20.3 Å². The van der Waals surface area contributed by atoms with E-state index in [1.165, 1.54) is 24.4 Å². The minimum atomic E-state index is -4.76. The standard InChI is InChI=1S/C19H13F5N4O2S2/c20-18(21)6-11(18)15(30)26-7-9-3-4-13(32-9)12(29)8-31-16-10-2-1-5-25-14(10)27-17(28-16)19(22,23)24/h1-5,11H,6-8H2,(H,26,30). The lowest BCUT2D eigenvalue weighted by atomic mass is 10.3. The van der Waals surface area contributed by atoms with Crippen LogP contribution >= 0.6 is 23.1 Å². The molecule has 3 heterocycles. The lowest BCUT2D eigenvalue weighted by Gasteiger charge is -2.09. The van der Waals surface area contributed by atoms with E-state index >= 15 is 0 Å². The maximum absolute atomic E-state index is 13.1. The van der Waals surface area contributed by atoms with E-state index in [-0.39, 0.29) is 28.8 Å². The van der Waals surface area contributed by atoms with Crippen molar-refractivity contribution in [3.05, 3.63) is 46.0 Å². The van der Waals surface area contributed by atoms with E-state index in [1.54, 1.807) is 6.07 Å². The van der Waals surface area contributed by atoms with Gasteiger partial charge in [-0.3, -0.25) is 9.59 Å². The van der Waals surface area contributed by atoms with Gasteiger partial charge in [-0.25, -0.2) is 23.7 Å². The smallest absolute Gasteiger partial charge is 0.351 e. The highest BCUT2D eigenvalue weighted by Crippen LogP contribution is 2.48. The fourth-order valence-electron chi connectivity index (χ4n) is 2.79. The molecule has 1 aliphatic carbocycles. The van der Waals surface area contributed by atoms with Gasteiger partial charge in [0.15, 0.2) is 11.4 Å². The van der Waals surface area contributed by atoms with Gasteiger partial charge in [0.05, 0.1) is 22.6 Å². The second kappa shape index (κ2) is 8.35. The monoisotopic (exact) mass is 488 g/mol. The Morgan fingerprint density at radius 2 is 1.97 bits per heavy atom. The Labute approximate surface area is 185 Å². The van der Waals surface area contributed by atoms with Crippen molar-refractivity contribution in [1.29, 1.82) is 0 Å². The van der Waals surface area contributed by atoms with Crippen LogP contribution in [-0.2, 0) is 17.5 Å². The number of alkyl halides is 5. The zero-order valence-corrected chi connectivity index (χ0v) is 17.6. The van der Waals surface area contributed by atoms with Crippen molar-refractivity contribution < 1.29 is 31.5 Å². The van der Waals surface area contributed by atoms with E-state index in [0.717, 1.165) is 23.1 Å². The van der Waals surface area contributed by atoms with E-state index in [4.69, 9.17) is 0 Å².